The Bertz CT molecular complexity index is 1400. The molecule has 208 valence electrons. The minimum absolute atomic E-state index is 0.0315. The lowest BCUT2D eigenvalue weighted by Gasteiger charge is -2.33. The van der Waals surface area contributed by atoms with E-state index in [0.29, 0.717) is 15.6 Å². The van der Waals surface area contributed by atoms with Gasteiger partial charge in [-0.1, -0.05) is 66.5 Å². The third-order valence-electron chi connectivity index (χ3n) is 6.55. The normalized spacial score (nSPS) is 12.9. The molecular formula is C29H33Cl2N3O4S. The minimum Gasteiger partial charge on any atom is -0.352 e. The van der Waals surface area contributed by atoms with E-state index in [1.165, 1.54) is 17.0 Å². The highest BCUT2D eigenvalue weighted by Crippen LogP contribution is 2.31. The Balaban J connectivity index is 2.05. The molecule has 0 unspecified atom stereocenters. The molecule has 0 aliphatic rings. The van der Waals surface area contributed by atoms with Gasteiger partial charge in [-0.3, -0.25) is 13.9 Å². The van der Waals surface area contributed by atoms with Crippen LogP contribution < -0.4 is 9.62 Å². The molecule has 2 amide bonds. The van der Waals surface area contributed by atoms with E-state index in [9.17, 15) is 18.0 Å². The lowest BCUT2D eigenvalue weighted by molar-refractivity contribution is -0.139. The number of benzene rings is 3. The maximum Gasteiger partial charge on any atom is 0.264 e. The highest BCUT2D eigenvalue weighted by molar-refractivity contribution is 7.92. The number of carbonyl (C=O) groups is 2. The second-order valence-corrected chi connectivity index (χ2v) is 12.1. The van der Waals surface area contributed by atoms with E-state index in [-0.39, 0.29) is 29.1 Å². The minimum atomic E-state index is -4.16. The first kappa shape index (κ1) is 30.5. The van der Waals surface area contributed by atoms with Crippen molar-refractivity contribution in [1.29, 1.82) is 0 Å². The summed E-state index contributed by atoms with van der Waals surface area (Å²) in [7, 11) is -4.16. The molecule has 7 nitrogen and oxygen atoms in total. The number of nitrogens with zero attached hydrogens (tertiary/aromatic N) is 2. The van der Waals surface area contributed by atoms with Crippen molar-refractivity contribution < 1.29 is 18.0 Å². The summed E-state index contributed by atoms with van der Waals surface area (Å²) in [6.45, 7) is 6.71. The van der Waals surface area contributed by atoms with Gasteiger partial charge in [-0.15, -0.1) is 0 Å². The lowest BCUT2D eigenvalue weighted by Crippen LogP contribution is -2.52. The first-order valence-corrected chi connectivity index (χ1v) is 14.8. The molecule has 3 aromatic carbocycles. The van der Waals surface area contributed by atoms with E-state index in [1.54, 1.807) is 74.5 Å². The molecule has 1 N–H and O–H groups in total. The maximum atomic E-state index is 14.0. The summed E-state index contributed by atoms with van der Waals surface area (Å²) in [5.74, 6) is -0.876. The summed E-state index contributed by atoms with van der Waals surface area (Å²) in [6, 6.07) is 18.8. The van der Waals surface area contributed by atoms with Crippen LogP contribution in [-0.4, -0.2) is 43.8 Å². The monoisotopic (exact) mass is 589 g/mol. The predicted octanol–water partition coefficient (Wildman–Crippen LogP) is 5.83. The average Bonchev–Trinajstić information content (AvgIpc) is 2.92. The third kappa shape index (κ3) is 7.53. The summed E-state index contributed by atoms with van der Waals surface area (Å²) < 4.78 is 28.8. The summed E-state index contributed by atoms with van der Waals surface area (Å²) in [6.07, 6.45) is 0.723. The Hall–Kier alpha value is -3.07. The van der Waals surface area contributed by atoms with Crippen molar-refractivity contribution in [3.63, 3.8) is 0 Å². The number of hydrogen-bond donors (Lipinski definition) is 1. The van der Waals surface area contributed by atoms with Crippen molar-refractivity contribution >= 4 is 50.7 Å². The van der Waals surface area contributed by atoms with E-state index >= 15 is 0 Å². The van der Waals surface area contributed by atoms with Gasteiger partial charge < -0.3 is 10.2 Å². The van der Waals surface area contributed by atoms with Crippen LogP contribution in [0.2, 0.25) is 10.0 Å². The van der Waals surface area contributed by atoms with Gasteiger partial charge in [-0.25, -0.2) is 8.42 Å². The highest BCUT2D eigenvalue weighted by atomic mass is 35.5. The first-order valence-electron chi connectivity index (χ1n) is 12.6. The van der Waals surface area contributed by atoms with Crippen LogP contribution in [0.15, 0.2) is 77.7 Å². The van der Waals surface area contributed by atoms with Crippen molar-refractivity contribution in [2.24, 2.45) is 0 Å². The Morgan fingerprint density at radius 3 is 2.18 bits per heavy atom. The van der Waals surface area contributed by atoms with Crippen LogP contribution in [0.1, 0.15) is 38.3 Å². The van der Waals surface area contributed by atoms with Crippen LogP contribution in [0, 0.1) is 6.92 Å². The molecule has 0 fully saturated rings. The molecule has 0 saturated carbocycles. The quantitative estimate of drug-likeness (QED) is 0.305. The predicted molar refractivity (Wildman–Crippen MR) is 157 cm³/mol. The van der Waals surface area contributed by atoms with Gasteiger partial charge in [0.25, 0.3) is 10.0 Å². The van der Waals surface area contributed by atoms with Gasteiger partial charge in [-0.2, -0.15) is 0 Å². The molecule has 0 spiro atoms. The van der Waals surface area contributed by atoms with Crippen LogP contribution in [0.5, 0.6) is 0 Å². The summed E-state index contributed by atoms with van der Waals surface area (Å²) in [4.78, 5) is 28.5. The molecule has 0 aromatic heterocycles. The number of halogens is 2. The molecule has 0 saturated heterocycles. The van der Waals surface area contributed by atoms with Crippen molar-refractivity contribution in [3.05, 3.63) is 94.0 Å². The fraction of sp³-hybridized carbons (Fsp3) is 0.310. The van der Waals surface area contributed by atoms with Gasteiger partial charge in [0.2, 0.25) is 11.8 Å². The fourth-order valence-electron chi connectivity index (χ4n) is 3.93. The van der Waals surface area contributed by atoms with Crippen LogP contribution in [0.4, 0.5) is 5.69 Å². The summed E-state index contributed by atoms with van der Waals surface area (Å²) >= 11 is 12.4. The molecule has 0 aliphatic heterocycles. The molecule has 0 heterocycles. The van der Waals surface area contributed by atoms with Gasteiger partial charge in [-0.05, 0) is 74.7 Å². The average molecular weight is 591 g/mol. The van der Waals surface area contributed by atoms with Crippen LogP contribution in [0.3, 0.4) is 0 Å². The molecule has 0 aliphatic carbocycles. The SMILES string of the molecule is CC[C@H](C)NC(=O)[C@H](C)N(Cc1ccc(Cl)cc1)C(=O)CN(c1cccc(Cl)c1C)S(=O)(=O)c1ccccc1. The molecule has 10 heteroatoms. The molecule has 2 atom stereocenters. The molecular weight excluding hydrogens is 557 g/mol. The first-order chi connectivity index (χ1) is 18.4. The topological polar surface area (TPSA) is 86.8 Å². The van der Waals surface area contributed by atoms with Crippen molar-refractivity contribution in [3.8, 4) is 0 Å². The second-order valence-electron chi connectivity index (χ2n) is 9.35. The number of hydrogen-bond acceptors (Lipinski definition) is 4. The Morgan fingerprint density at radius 2 is 1.56 bits per heavy atom. The lowest BCUT2D eigenvalue weighted by atomic mass is 10.1. The van der Waals surface area contributed by atoms with Gasteiger partial charge in [0.15, 0.2) is 0 Å². The number of rotatable bonds is 11. The van der Waals surface area contributed by atoms with Gasteiger partial charge in [0.1, 0.15) is 12.6 Å². The molecule has 0 bridgehead atoms. The molecule has 0 radical (unpaired) electrons. The largest absolute Gasteiger partial charge is 0.352 e. The zero-order valence-electron chi connectivity index (χ0n) is 22.4. The Kier molecular flexibility index (Phi) is 10.4. The van der Waals surface area contributed by atoms with Crippen LogP contribution >= 0.6 is 23.2 Å². The highest BCUT2D eigenvalue weighted by Gasteiger charge is 2.33. The second kappa shape index (κ2) is 13.3. The number of amides is 2. The van der Waals surface area contributed by atoms with E-state index in [1.807, 2.05) is 13.8 Å². The molecule has 3 aromatic rings. The van der Waals surface area contributed by atoms with Crippen molar-refractivity contribution in [2.75, 3.05) is 10.8 Å². The van der Waals surface area contributed by atoms with Gasteiger partial charge >= 0.3 is 0 Å². The summed E-state index contributed by atoms with van der Waals surface area (Å²) in [5, 5.41) is 3.82. The van der Waals surface area contributed by atoms with Crippen molar-refractivity contribution in [1.82, 2.24) is 10.2 Å². The Morgan fingerprint density at radius 1 is 0.923 bits per heavy atom. The summed E-state index contributed by atoms with van der Waals surface area (Å²) in [5.41, 5.74) is 1.54. The smallest absolute Gasteiger partial charge is 0.264 e. The van der Waals surface area contributed by atoms with Crippen LogP contribution in [0.25, 0.3) is 0 Å². The van der Waals surface area contributed by atoms with Crippen LogP contribution in [-0.2, 0) is 26.2 Å². The van der Waals surface area contributed by atoms with E-state index < -0.39 is 28.5 Å². The Labute approximate surface area is 240 Å². The maximum absolute atomic E-state index is 14.0. The molecule has 39 heavy (non-hydrogen) atoms. The van der Waals surface area contributed by atoms with E-state index in [2.05, 4.69) is 5.32 Å². The van der Waals surface area contributed by atoms with E-state index in [4.69, 9.17) is 23.2 Å². The molecule has 3 rings (SSSR count). The van der Waals surface area contributed by atoms with Gasteiger partial charge in [0.05, 0.1) is 10.6 Å². The van der Waals surface area contributed by atoms with E-state index in [0.717, 1.165) is 16.3 Å². The standard InChI is InChI=1S/C29H33Cl2N3O4S/c1-5-20(2)32-29(36)22(4)33(18-23-14-16-24(30)17-15-23)28(35)19-34(27-13-9-12-26(31)21(27)3)39(37,38)25-10-7-6-8-11-25/h6-17,20,22H,5,18-19H2,1-4H3,(H,32,36)/t20-,22-/m0/s1. The van der Waals surface area contributed by atoms with Crippen molar-refractivity contribution in [2.45, 2.75) is 57.6 Å². The number of nitrogens with one attached hydrogen (secondary N) is 1. The third-order valence-corrected chi connectivity index (χ3v) is 8.99. The zero-order valence-corrected chi connectivity index (χ0v) is 24.7. The number of sulfonamides is 1. The van der Waals surface area contributed by atoms with Gasteiger partial charge in [0, 0.05) is 22.6 Å². The number of anilines is 1. The number of carbonyl (C=O) groups excluding carboxylic acids is 2. The zero-order chi connectivity index (χ0) is 28.7. The fourth-order valence-corrected chi connectivity index (χ4v) is 5.72.